The first-order valence-electron chi connectivity index (χ1n) is 4.75. The van der Waals surface area contributed by atoms with Gasteiger partial charge in [0.1, 0.15) is 5.75 Å². The molecule has 1 aromatic rings. The van der Waals surface area contributed by atoms with Crippen LogP contribution in [0.15, 0.2) is 18.2 Å². The molecule has 0 fully saturated rings. The van der Waals surface area contributed by atoms with Crippen molar-refractivity contribution in [2.75, 3.05) is 18.5 Å². The number of halogens is 2. The number of phenolic OH excluding ortho intramolecular Hbond substituents is 1. The van der Waals surface area contributed by atoms with E-state index in [-0.39, 0.29) is 17.1 Å². The van der Waals surface area contributed by atoms with Crippen molar-refractivity contribution in [3.05, 3.63) is 23.8 Å². The first kappa shape index (κ1) is 12.4. The molecule has 0 aliphatic heterocycles. The fourth-order valence-corrected chi connectivity index (χ4v) is 1.37. The Kier molecular flexibility index (Phi) is 3.82. The number of rotatable bonds is 4. The number of alkyl halides is 2. The number of carbonyl (C=O) groups excluding carboxylic acids is 1. The molecule has 0 aliphatic rings. The second-order valence-corrected chi connectivity index (χ2v) is 3.53. The van der Waals surface area contributed by atoms with E-state index in [1.165, 1.54) is 37.1 Å². The van der Waals surface area contributed by atoms with Crippen LogP contribution in [-0.4, -0.2) is 30.9 Å². The van der Waals surface area contributed by atoms with E-state index in [1.54, 1.807) is 0 Å². The van der Waals surface area contributed by atoms with Crippen LogP contribution in [0.5, 0.6) is 5.75 Å². The van der Waals surface area contributed by atoms with Crippen LogP contribution in [0.1, 0.15) is 17.3 Å². The smallest absolute Gasteiger partial charge is 0.255 e. The summed E-state index contributed by atoms with van der Waals surface area (Å²) in [5.74, 6) is -0.452. The first-order chi connectivity index (χ1) is 7.41. The van der Waals surface area contributed by atoms with Gasteiger partial charge in [-0.15, -0.1) is 0 Å². The van der Waals surface area contributed by atoms with E-state index in [0.29, 0.717) is 5.69 Å². The zero-order valence-electron chi connectivity index (χ0n) is 9.08. The molecule has 1 rings (SSSR count). The minimum Gasteiger partial charge on any atom is -0.507 e. The van der Waals surface area contributed by atoms with E-state index < -0.39 is 13.0 Å². The number of anilines is 1. The molecule has 0 aromatic heterocycles. The zero-order chi connectivity index (χ0) is 12.3. The summed E-state index contributed by atoms with van der Waals surface area (Å²) in [6, 6.07) is 4.26. The predicted molar refractivity (Wildman–Crippen MR) is 57.4 cm³/mol. The molecule has 1 aromatic carbocycles. The maximum Gasteiger partial charge on any atom is 0.255 e. The molecular weight excluding hydrogens is 216 g/mol. The molecule has 0 unspecified atom stereocenters. The van der Waals surface area contributed by atoms with Gasteiger partial charge in [0.25, 0.3) is 6.43 Å². The summed E-state index contributed by atoms with van der Waals surface area (Å²) in [6.45, 7) is 0.913. The molecular formula is C11H13F2NO2. The van der Waals surface area contributed by atoms with Crippen LogP contribution in [0, 0.1) is 0 Å². The van der Waals surface area contributed by atoms with Crippen molar-refractivity contribution in [3.8, 4) is 5.75 Å². The van der Waals surface area contributed by atoms with Crippen molar-refractivity contribution >= 4 is 11.5 Å². The van der Waals surface area contributed by atoms with Crippen molar-refractivity contribution in [1.29, 1.82) is 0 Å². The SMILES string of the molecule is CC(=O)c1ccc(N(C)CC(F)F)cc1O. The van der Waals surface area contributed by atoms with Crippen molar-refractivity contribution in [1.82, 2.24) is 0 Å². The first-order valence-corrected chi connectivity index (χ1v) is 4.75. The van der Waals surface area contributed by atoms with Gasteiger partial charge in [0.05, 0.1) is 12.1 Å². The van der Waals surface area contributed by atoms with Gasteiger partial charge in [-0.25, -0.2) is 8.78 Å². The molecule has 3 nitrogen and oxygen atoms in total. The van der Waals surface area contributed by atoms with Crippen LogP contribution >= 0.6 is 0 Å². The van der Waals surface area contributed by atoms with Crippen LogP contribution in [0.4, 0.5) is 14.5 Å². The van der Waals surface area contributed by atoms with Crippen LogP contribution in [0.3, 0.4) is 0 Å². The molecule has 0 aliphatic carbocycles. The summed E-state index contributed by atoms with van der Waals surface area (Å²) in [5, 5.41) is 9.51. The molecule has 0 saturated carbocycles. The Morgan fingerprint density at radius 1 is 1.50 bits per heavy atom. The molecule has 0 spiro atoms. The number of hydrogen-bond donors (Lipinski definition) is 1. The summed E-state index contributed by atoms with van der Waals surface area (Å²) >= 11 is 0. The van der Waals surface area contributed by atoms with Gasteiger partial charge in [-0.05, 0) is 19.1 Å². The van der Waals surface area contributed by atoms with E-state index in [2.05, 4.69) is 0 Å². The molecule has 88 valence electrons. The second-order valence-electron chi connectivity index (χ2n) is 3.53. The Morgan fingerprint density at radius 2 is 2.12 bits per heavy atom. The molecule has 1 N–H and O–H groups in total. The number of aromatic hydroxyl groups is 1. The number of nitrogens with zero attached hydrogens (tertiary/aromatic N) is 1. The minimum absolute atomic E-state index is 0.189. The summed E-state index contributed by atoms with van der Waals surface area (Å²) in [5.41, 5.74) is 0.636. The monoisotopic (exact) mass is 229 g/mol. The van der Waals surface area contributed by atoms with Gasteiger partial charge in [-0.2, -0.15) is 0 Å². The Balaban J connectivity index is 2.92. The van der Waals surface area contributed by atoms with Gasteiger partial charge in [-0.1, -0.05) is 0 Å². The molecule has 0 amide bonds. The molecule has 0 saturated heterocycles. The van der Waals surface area contributed by atoms with E-state index in [1.807, 2.05) is 0 Å². The lowest BCUT2D eigenvalue weighted by Crippen LogP contribution is -2.23. The average molecular weight is 229 g/mol. The van der Waals surface area contributed by atoms with Crippen LogP contribution in [-0.2, 0) is 0 Å². The lowest BCUT2D eigenvalue weighted by molar-refractivity contribution is 0.101. The summed E-state index contributed by atoms with van der Waals surface area (Å²) in [6.07, 6.45) is -2.44. The number of Topliss-reactive ketones (excluding diaryl/α,β-unsaturated/α-hetero) is 1. The maximum absolute atomic E-state index is 12.1. The van der Waals surface area contributed by atoms with Crippen LogP contribution in [0.2, 0.25) is 0 Å². The number of carbonyl (C=O) groups is 1. The second kappa shape index (κ2) is 4.92. The largest absolute Gasteiger partial charge is 0.507 e. The van der Waals surface area contributed by atoms with Crippen molar-refractivity contribution in [2.45, 2.75) is 13.3 Å². The predicted octanol–water partition coefficient (Wildman–Crippen LogP) is 2.30. The zero-order valence-corrected chi connectivity index (χ0v) is 9.08. The average Bonchev–Trinajstić information content (AvgIpc) is 2.15. The third kappa shape index (κ3) is 2.92. The Morgan fingerprint density at radius 3 is 2.56 bits per heavy atom. The summed E-state index contributed by atoms with van der Waals surface area (Å²) < 4.78 is 24.2. The van der Waals surface area contributed by atoms with Gasteiger partial charge in [0.2, 0.25) is 0 Å². The highest BCUT2D eigenvalue weighted by atomic mass is 19.3. The normalized spacial score (nSPS) is 10.6. The third-order valence-corrected chi connectivity index (χ3v) is 2.21. The maximum atomic E-state index is 12.1. The highest BCUT2D eigenvalue weighted by molar-refractivity contribution is 5.97. The Hall–Kier alpha value is -1.65. The minimum atomic E-state index is -2.44. The lowest BCUT2D eigenvalue weighted by atomic mass is 10.1. The fraction of sp³-hybridized carbons (Fsp3) is 0.364. The van der Waals surface area contributed by atoms with Gasteiger partial charge < -0.3 is 10.0 Å². The standard InChI is InChI=1S/C11H13F2NO2/c1-7(15)9-4-3-8(5-10(9)16)14(2)6-11(12)13/h3-5,11,16H,6H2,1-2H3. The molecule has 0 atom stereocenters. The Labute approximate surface area is 92.3 Å². The van der Waals surface area contributed by atoms with E-state index in [4.69, 9.17) is 0 Å². The molecule has 16 heavy (non-hydrogen) atoms. The van der Waals surface area contributed by atoms with Crippen molar-refractivity contribution in [3.63, 3.8) is 0 Å². The topological polar surface area (TPSA) is 40.5 Å². The highest BCUT2D eigenvalue weighted by Gasteiger charge is 2.12. The van der Waals surface area contributed by atoms with E-state index >= 15 is 0 Å². The van der Waals surface area contributed by atoms with E-state index in [0.717, 1.165) is 0 Å². The van der Waals surface area contributed by atoms with Crippen molar-refractivity contribution < 1.29 is 18.7 Å². The molecule has 0 bridgehead atoms. The van der Waals surface area contributed by atoms with Crippen molar-refractivity contribution in [2.24, 2.45) is 0 Å². The lowest BCUT2D eigenvalue weighted by Gasteiger charge is -2.19. The Bertz CT molecular complexity index is 394. The third-order valence-electron chi connectivity index (χ3n) is 2.21. The van der Waals surface area contributed by atoms with Gasteiger partial charge in [0, 0.05) is 18.8 Å². The van der Waals surface area contributed by atoms with Gasteiger partial charge in [-0.3, -0.25) is 4.79 Å². The van der Waals surface area contributed by atoms with Crippen LogP contribution < -0.4 is 4.90 Å². The van der Waals surface area contributed by atoms with Gasteiger partial charge >= 0.3 is 0 Å². The molecule has 0 heterocycles. The number of phenols is 1. The summed E-state index contributed by atoms with van der Waals surface area (Å²) in [7, 11) is 1.49. The van der Waals surface area contributed by atoms with Crippen LogP contribution in [0.25, 0.3) is 0 Å². The number of benzene rings is 1. The molecule has 5 heteroatoms. The summed E-state index contributed by atoms with van der Waals surface area (Å²) in [4.78, 5) is 12.3. The highest BCUT2D eigenvalue weighted by Crippen LogP contribution is 2.24. The van der Waals surface area contributed by atoms with Gasteiger partial charge in [0.15, 0.2) is 5.78 Å². The van der Waals surface area contributed by atoms with E-state index in [9.17, 15) is 18.7 Å². The molecule has 0 radical (unpaired) electrons. The number of hydrogen-bond acceptors (Lipinski definition) is 3. The number of ketones is 1. The quantitative estimate of drug-likeness (QED) is 0.805. The fourth-order valence-electron chi connectivity index (χ4n) is 1.37.